The standard InChI is InChI=1S/C23H36O3/c1-22-13-4-2-6-17(22)8-10-19-20(22)12-14-23(26-16-25)18(7-3-5-15-24)9-11-21(19)23/h15-21H,2-14H2,1H3. The molecule has 146 valence electrons. The Labute approximate surface area is 158 Å². The number of unbranched alkanes of at least 4 members (excludes halogenated alkanes) is 1. The second-order valence-corrected chi connectivity index (χ2v) is 9.98. The third kappa shape index (κ3) is 2.76. The fourth-order valence-electron chi connectivity index (χ4n) is 8.19. The first kappa shape index (κ1) is 18.5. The van der Waals surface area contributed by atoms with Gasteiger partial charge in [-0.05, 0) is 93.3 Å². The van der Waals surface area contributed by atoms with Gasteiger partial charge in [0.25, 0.3) is 6.47 Å². The van der Waals surface area contributed by atoms with Crippen molar-refractivity contribution in [2.24, 2.45) is 35.0 Å². The van der Waals surface area contributed by atoms with Crippen LogP contribution in [0.1, 0.15) is 90.4 Å². The maximum atomic E-state index is 11.5. The van der Waals surface area contributed by atoms with Gasteiger partial charge in [-0.15, -0.1) is 0 Å². The predicted molar refractivity (Wildman–Crippen MR) is 102 cm³/mol. The van der Waals surface area contributed by atoms with Crippen LogP contribution in [0.15, 0.2) is 0 Å². The summed E-state index contributed by atoms with van der Waals surface area (Å²) in [6, 6.07) is 0. The number of ether oxygens (including phenoxy) is 1. The summed E-state index contributed by atoms with van der Waals surface area (Å²) >= 11 is 0. The molecule has 0 aromatic carbocycles. The third-order valence-electron chi connectivity index (χ3n) is 9.31. The molecule has 4 fully saturated rings. The van der Waals surface area contributed by atoms with Crippen LogP contribution in [0.3, 0.4) is 0 Å². The van der Waals surface area contributed by atoms with Gasteiger partial charge in [-0.25, -0.2) is 0 Å². The summed E-state index contributed by atoms with van der Waals surface area (Å²) in [6.45, 7) is 3.33. The first-order valence-electron chi connectivity index (χ1n) is 11.2. The molecule has 3 nitrogen and oxygen atoms in total. The Kier molecular flexibility index (Phi) is 5.18. The minimum absolute atomic E-state index is 0.219. The van der Waals surface area contributed by atoms with E-state index in [9.17, 15) is 9.59 Å². The number of hydrogen-bond donors (Lipinski definition) is 0. The van der Waals surface area contributed by atoms with E-state index in [2.05, 4.69) is 6.92 Å². The Balaban J connectivity index is 1.57. The van der Waals surface area contributed by atoms with E-state index >= 15 is 0 Å². The molecule has 0 radical (unpaired) electrons. The molecule has 4 saturated carbocycles. The van der Waals surface area contributed by atoms with Gasteiger partial charge in [-0.2, -0.15) is 0 Å². The molecule has 4 rings (SSSR count). The van der Waals surface area contributed by atoms with E-state index in [0.717, 1.165) is 49.8 Å². The Morgan fingerprint density at radius 3 is 2.65 bits per heavy atom. The molecule has 0 bridgehead atoms. The van der Waals surface area contributed by atoms with Crippen LogP contribution < -0.4 is 0 Å². The fourth-order valence-corrected chi connectivity index (χ4v) is 8.19. The van der Waals surface area contributed by atoms with E-state index in [1.54, 1.807) is 0 Å². The molecule has 26 heavy (non-hydrogen) atoms. The van der Waals surface area contributed by atoms with E-state index in [1.165, 1.54) is 57.8 Å². The molecule has 0 aromatic heterocycles. The highest BCUT2D eigenvalue weighted by atomic mass is 16.5. The van der Waals surface area contributed by atoms with Crippen LogP contribution in [-0.2, 0) is 14.3 Å². The lowest BCUT2D eigenvalue weighted by Gasteiger charge is -2.60. The number of fused-ring (bicyclic) bond motifs is 5. The van der Waals surface area contributed by atoms with Crippen molar-refractivity contribution in [2.75, 3.05) is 0 Å². The summed E-state index contributed by atoms with van der Waals surface area (Å²) in [4.78, 5) is 22.2. The molecule has 4 aliphatic carbocycles. The van der Waals surface area contributed by atoms with Gasteiger partial charge in [0, 0.05) is 12.3 Å². The summed E-state index contributed by atoms with van der Waals surface area (Å²) in [6.07, 6.45) is 16.8. The van der Waals surface area contributed by atoms with Gasteiger partial charge in [-0.3, -0.25) is 4.79 Å². The van der Waals surface area contributed by atoms with Crippen molar-refractivity contribution in [1.29, 1.82) is 0 Å². The SMILES string of the molecule is CC12CCCCC1CCC1C2CCC2(OC=O)C(CCCC=O)CCC12. The van der Waals surface area contributed by atoms with Crippen molar-refractivity contribution in [3.05, 3.63) is 0 Å². The number of rotatable bonds is 6. The van der Waals surface area contributed by atoms with Crippen molar-refractivity contribution < 1.29 is 14.3 Å². The third-order valence-corrected chi connectivity index (χ3v) is 9.31. The van der Waals surface area contributed by atoms with Crippen molar-refractivity contribution in [1.82, 2.24) is 0 Å². The Morgan fingerprint density at radius 1 is 0.962 bits per heavy atom. The molecule has 7 atom stereocenters. The van der Waals surface area contributed by atoms with E-state index in [4.69, 9.17) is 4.74 Å². The van der Waals surface area contributed by atoms with Crippen LogP contribution in [0.5, 0.6) is 0 Å². The highest BCUT2D eigenvalue weighted by molar-refractivity contribution is 5.49. The molecule has 0 aliphatic heterocycles. The zero-order chi connectivity index (χ0) is 18.2. The molecular formula is C23H36O3. The minimum Gasteiger partial charge on any atom is -0.461 e. The second kappa shape index (κ2) is 7.28. The summed E-state index contributed by atoms with van der Waals surface area (Å²) in [5.74, 6) is 3.55. The summed E-state index contributed by atoms with van der Waals surface area (Å²) in [7, 11) is 0. The van der Waals surface area contributed by atoms with Gasteiger partial charge in [0.1, 0.15) is 11.9 Å². The summed E-state index contributed by atoms with van der Waals surface area (Å²) in [5, 5.41) is 0. The Bertz CT molecular complexity index is 532. The molecule has 0 saturated heterocycles. The summed E-state index contributed by atoms with van der Waals surface area (Å²) in [5.41, 5.74) is 0.313. The molecule has 0 aromatic rings. The van der Waals surface area contributed by atoms with Crippen LogP contribution >= 0.6 is 0 Å². The quantitative estimate of drug-likeness (QED) is 0.476. The van der Waals surface area contributed by atoms with E-state index in [-0.39, 0.29) is 5.60 Å². The predicted octanol–water partition coefficient (Wildman–Crippen LogP) is 5.31. The van der Waals surface area contributed by atoms with E-state index in [1.807, 2.05) is 0 Å². The maximum absolute atomic E-state index is 11.5. The number of carbonyl (C=O) groups excluding carboxylic acids is 2. The van der Waals surface area contributed by atoms with Crippen LogP contribution in [0.2, 0.25) is 0 Å². The molecule has 3 heteroatoms. The van der Waals surface area contributed by atoms with Crippen molar-refractivity contribution in [2.45, 2.75) is 96.0 Å². The first-order chi connectivity index (χ1) is 12.7. The van der Waals surface area contributed by atoms with Gasteiger partial charge in [0.05, 0.1) is 0 Å². The molecule has 0 amide bonds. The van der Waals surface area contributed by atoms with Gasteiger partial charge >= 0.3 is 0 Å². The van der Waals surface area contributed by atoms with E-state index < -0.39 is 0 Å². The van der Waals surface area contributed by atoms with Crippen LogP contribution in [-0.4, -0.2) is 18.4 Å². The first-order valence-corrected chi connectivity index (χ1v) is 11.2. The number of aldehydes is 1. The molecule has 7 unspecified atom stereocenters. The average molecular weight is 361 g/mol. The van der Waals surface area contributed by atoms with E-state index in [0.29, 0.717) is 23.7 Å². The molecule has 0 heterocycles. The van der Waals surface area contributed by atoms with Crippen LogP contribution in [0.25, 0.3) is 0 Å². The number of carbonyl (C=O) groups is 2. The largest absolute Gasteiger partial charge is 0.461 e. The van der Waals surface area contributed by atoms with Crippen molar-refractivity contribution in [3.63, 3.8) is 0 Å². The van der Waals surface area contributed by atoms with Gasteiger partial charge in [-0.1, -0.05) is 19.8 Å². The molecule has 4 aliphatic rings. The van der Waals surface area contributed by atoms with Crippen LogP contribution in [0, 0.1) is 35.0 Å². The molecular weight excluding hydrogens is 324 g/mol. The van der Waals surface area contributed by atoms with Gasteiger partial charge in [0.15, 0.2) is 0 Å². The topological polar surface area (TPSA) is 43.4 Å². The zero-order valence-electron chi connectivity index (χ0n) is 16.5. The Hall–Kier alpha value is -0.860. The monoisotopic (exact) mass is 360 g/mol. The average Bonchev–Trinajstić information content (AvgIpc) is 3.00. The zero-order valence-corrected chi connectivity index (χ0v) is 16.5. The minimum atomic E-state index is -0.219. The lowest BCUT2D eigenvalue weighted by atomic mass is 9.46. The summed E-state index contributed by atoms with van der Waals surface area (Å²) < 4.78 is 5.99. The lowest BCUT2D eigenvalue weighted by Crippen LogP contribution is -2.57. The number of hydrogen-bond acceptors (Lipinski definition) is 3. The maximum Gasteiger partial charge on any atom is 0.293 e. The van der Waals surface area contributed by atoms with Crippen molar-refractivity contribution >= 4 is 12.8 Å². The normalized spacial score (nSPS) is 47.3. The molecule has 0 N–H and O–H groups in total. The second-order valence-electron chi connectivity index (χ2n) is 9.98. The van der Waals surface area contributed by atoms with Crippen LogP contribution in [0.4, 0.5) is 0 Å². The smallest absolute Gasteiger partial charge is 0.293 e. The lowest BCUT2D eigenvalue weighted by molar-refractivity contribution is -0.183. The Morgan fingerprint density at radius 2 is 1.85 bits per heavy atom. The molecule has 0 spiro atoms. The van der Waals surface area contributed by atoms with Gasteiger partial charge < -0.3 is 9.53 Å². The highest BCUT2D eigenvalue weighted by Gasteiger charge is 2.62. The van der Waals surface area contributed by atoms with Crippen molar-refractivity contribution in [3.8, 4) is 0 Å². The fraction of sp³-hybridized carbons (Fsp3) is 0.913. The van der Waals surface area contributed by atoms with Gasteiger partial charge in [0.2, 0.25) is 0 Å². The highest BCUT2D eigenvalue weighted by Crippen LogP contribution is 2.65.